The van der Waals surface area contributed by atoms with Crippen LogP contribution in [0.3, 0.4) is 0 Å². The highest BCUT2D eigenvalue weighted by Gasteiger charge is 2.64. The van der Waals surface area contributed by atoms with E-state index in [1.807, 2.05) is 0 Å². The molecule has 0 aromatic heterocycles. The van der Waals surface area contributed by atoms with Crippen molar-refractivity contribution in [1.29, 1.82) is 0 Å². The van der Waals surface area contributed by atoms with Crippen LogP contribution in [-0.2, 0) is 4.79 Å². The van der Waals surface area contributed by atoms with Gasteiger partial charge in [-0.3, -0.25) is 4.79 Å². The molecular formula is C26H44O4. The number of carboxylic acids is 1. The predicted molar refractivity (Wildman–Crippen MR) is 118 cm³/mol. The number of carboxylic acid groups (broad SMARTS) is 1. The summed E-state index contributed by atoms with van der Waals surface area (Å²) in [6.07, 6.45) is 9.27. The molecule has 4 fully saturated rings. The van der Waals surface area contributed by atoms with E-state index in [0.29, 0.717) is 41.4 Å². The fourth-order valence-corrected chi connectivity index (χ4v) is 9.48. The van der Waals surface area contributed by atoms with Crippen LogP contribution in [0.15, 0.2) is 0 Å². The van der Waals surface area contributed by atoms with Crippen molar-refractivity contribution in [2.75, 3.05) is 0 Å². The first-order valence-corrected chi connectivity index (χ1v) is 12.7. The van der Waals surface area contributed by atoms with E-state index < -0.39 is 5.97 Å². The number of aliphatic hydroxyl groups excluding tert-OH is 2. The fraction of sp³-hybridized carbons (Fsp3) is 0.962. The number of hydrogen-bond donors (Lipinski definition) is 3. The lowest BCUT2D eigenvalue weighted by Crippen LogP contribution is -2.62. The monoisotopic (exact) mass is 420 g/mol. The summed E-state index contributed by atoms with van der Waals surface area (Å²) in [7, 11) is 0. The number of fused-ring (bicyclic) bond motifs is 5. The first-order valence-electron chi connectivity index (χ1n) is 12.7. The molecule has 4 heteroatoms. The molecule has 4 aliphatic carbocycles. The van der Waals surface area contributed by atoms with Gasteiger partial charge in [-0.25, -0.2) is 0 Å². The summed E-state index contributed by atoms with van der Waals surface area (Å²) < 4.78 is 0. The third kappa shape index (κ3) is 3.36. The Morgan fingerprint density at radius 3 is 2.33 bits per heavy atom. The molecule has 0 bridgehead atoms. The maximum absolute atomic E-state index is 11.7. The van der Waals surface area contributed by atoms with Crippen molar-refractivity contribution in [1.82, 2.24) is 0 Å². The molecule has 4 aliphatic rings. The van der Waals surface area contributed by atoms with E-state index in [1.54, 1.807) is 0 Å². The van der Waals surface area contributed by atoms with E-state index in [2.05, 4.69) is 27.7 Å². The average Bonchev–Trinajstić information content (AvgIpc) is 3.05. The SMILES string of the molecule is CC[C@@H]1[C@H](O)C2[C@H](CC[C@]3(C)C([C@H](C)CCC(=O)O)CC[C@@H]23)[C@@]2(C)CC[C@@H](O)C[C@@H]12. The van der Waals surface area contributed by atoms with Gasteiger partial charge in [-0.1, -0.05) is 34.1 Å². The van der Waals surface area contributed by atoms with Crippen molar-refractivity contribution in [3.8, 4) is 0 Å². The molecule has 11 atom stereocenters. The zero-order valence-electron chi connectivity index (χ0n) is 19.5. The molecule has 0 aromatic rings. The van der Waals surface area contributed by atoms with Gasteiger partial charge in [0.15, 0.2) is 0 Å². The number of aliphatic carboxylic acids is 1. The van der Waals surface area contributed by atoms with Crippen LogP contribution in [0.2, 0.25) is 0 Å². The summed E-state index contributed by atoms with van der Waals surface area (Å²) in [5, 5.41) is 31.3. The molecule has 0 spiro atoms. The number of hydrogen-bond acceptors (Lipinski definition) is 3. The lowest BCUT2D eigenvalue weighted by molar-refractivity contribution is -0.203. The summed E-state index contributed by atoms with van der Waals surface area (Å²) in [5.41, 5.74) is 0.480. The summed E-state index contributed by atoms with van der Waals surface area (Å²) in [6, 6.07) is 0. The molecule has 4 saturated carbocycles. The lowest BCUT2D eigenvalue weighted by atomic mass is 9.41. The van der Waals surface area contributed by atoms with Crippen molar-refractivity contribution in [3.05, 3.63) is 0 Å². The van der Waals surface area contributed by atoms with Crippen LogP contribution < -0.4 is 0 Å². The van der Waals surface area contributed by atoms with Crippen molar-refractivity contribution < 1.29 is 20.1 Å². The fourth-order valence-electron chi connectivity index (χ4n) is 9.48. The molecule has 0 saturated heterocycles. The second-order valence-electron chi connectivity index (χ2n) is 12.0. The van der Waals surface area contributed by atoms with Crippen LogP contribution >= 0.6 is 0 Å². The van der Waals surface area contributed by atoms with Crippen LogP contribution in [0, 0.1) is 52.3 Å². The lowest BCUT2D eigenvalue weighted by Gasteiger charge is -2.64. The van der Waals surface area contributed by atoms with Gasteiger partial charge in [0.2, 0.25) is 0 Å². The van der Waals surface area contributed by atoms with Crippen LogP contribution in [0.1, 0.15) is 91.9 Å². The Labute approximate surface area is 182 Å². The van der Waals surface area contributed by atoms with E-state index in [1.165, 1.54) is 25.7 Å². The van der Waals surface area contributed by atoms with Gasteiger partial charge in [-0.2, -0.15) is 0 Å². The Morgan fingerprint density at radius 2 is 1.67 bits per heavy atom. The minimum atomic E-state index is -0.683. The van der Waals surface area contributed by atoms with Gasteiger partial charge in [0.1, 0.15) is 0 Å². The Hall–Kier alpha value is -0.610. The van der Waals surface area contributed by atoms with Gasteiger partial charge in [0.25, 0.3) is 0 Å². The Bertz CT molecular complexity index is 649. The maximum Gasteiger partial charge on any atom is 0.303 e. The highest BCUT2D eigenvalue weighted by atomic mass is 16.4. The zero-order chi connectivity index (χ0) is 21.8. The largest absolute Gasteiger partial charge is 0.481 e. The van der Waals surface area contributed by atoms with Gasteiger partial charge in [-0.15, -0.1) is 0 Å². The number of carbonyl (C=O) groups is 1. The highest BCUT2D eigenvalue weighted by Crippen LogP contribution is 2.69. The van der Waals surface area contributed by atoms with Gasteiger partial charge >= 0.3 is 5.97 Å². The Balaban J connectivity index is 1.61. The third-order valence-corrected chi connectivity index (χ3v) is 11.0. The molecule has 2 unspecified atom stereocenters. The topological polar surface area (TPSA) is 77.8 Å². The molecule has 4 nitrogen and oxygen atoms in total. The molecule has 0 aromatic carbocycles. The normalized spacial score (nSPS) is 51.5. The van der Waals surface area contributed by atoms with Gasteiger partial charge in [-0.05, 0) is 104 Å². The molecule has 0 aliphatic heterocycles. The number of rotatable bonds is 5. The molecule has 0 heterocycles. The van der Waals surface area contributed by atoms with E-state index in [0.717, 1.165) is 32.1 Å². The minimum Gasteiger partial charge on any atom is -0.481 e. The summed E-state index contributed by atoms with van der Waals surface area (Å²) in [5.74, 6) is 2.58. The van der Waals surface area contributed by atoms with Crippen LogP contribution in [0.25, 0.3) is 0 Å². The molecule has 0 amide bonds. The average molecular weight is 421 g/mol. The second-order valence-corrected chi connectivity index (χ2v) is 12.0. The quantitative estimate of drug-likeness (QED) is 0.577. The third-order valence-electron chi connectivity index (χ3n) is 11.0. The summed E-state index contributed by atoms with van der Waals surface area (Å²) >= 11 is 0. The first-order chi connectivity index (χ1) is 14.1. The Morgan fingerprint density at radius 1 is 1.00 bits per heavy atom. The molecule has 3 N–H and O–H groups in total. The van der Waals surface area contributed by atoms with Crippen molar-refractivity contribution in [3.63, 3.8) is 0 Å². The van der Waals surface area contributed by atoms with E-state index in [4.69, 9.17) is 5.11 Å². The first kappa shape index (κ1) is 22.6. The van der Waals surface area contributed by atoms with E-state index in [9.17, 15) is 15.0 Å². The number of aliphatic hydroxyl groups is 2. The molecule has 30 heavy (non-hydrogen) atoms. The predicted octanol–water partition coefficient (Wildman–Crippen LogP) is 5.11. The molecular weight excluding hydrogens is 376 g/mol. The van der Waals surface area contributed by atoms with Gasteiger partial charge < -0.3 is 15.3 Å². The van der Waals surface area contributed by atoms with Crippen molar-refractivity contribution >= 4 is 5.97 Å². The van der Waals surface area contributed by atoms with Gasteiger partial charge in [0.05, 0.1) is 12.2 Å². The van der Waals surface area contributed by atoms with Crippen LogP contribution in [0.4, 0.5) is 0 Å². The highest BCUT2D eigenvalue weighted by molar-refractivity contribution is 5.66. The molecule has 4 rings (SSSR count). The minimum absolute atomic E-state index is 0.194. The standard InChI is InChI=1S/C26H44O4/c1-5-17-21-14-16(27)10-12-26(21,4)20-11-13-25(3)18(15(2)6-9-22(28)29)7-8-19(25)23(20)24(17)30/h15-21,23-24,27,30H,5-14H2,1-4H3,(H,28,29)/t15-,16-,17+,18?,19+,20+,21+,23?,24+,25-,26-/m1/s1. The summed E-state index contributed by atoms with van der Waals surface area (Å²) in [4.78, 5) is 11.1. The molecule has 0 radical (unpaired) electrons. The van der Waals surface area contributed by atoms with E-state index >= 15 is 0 Å². The van der Waals surface area contributed by atoms with Crippen LogP contribution in [0.5, 0.6) is 0 Å². The van der Waals surface area contributed by atoms with Crippen molar-refractivity contribution in [2.45, 2.75) is 104 Å². The van der Waals surface area contributed by atoms with Crippen molar-refractivity contribution in [2.24, 2.45) is 52.3 Å². The summed E-state index contributed by atoms with van der Waals surface area (Å²) in [6.45, 7) is 9.44. The Kier molecular flexibility index (Phi) is 6.07. The molecule has 172 valence electrons. The van der Waals surface area contributed by atoms with E-state index in [-0.39, 0.29) is 29.5 Å². The smallest absolute Gasteiger partial charge is 0.303 e. The van der Waals surface area contributed by atoms with Crippen LogP contribution in [-0.4, -0.2) is 33.5 Å². The maximum atomic E-state index is 11.7. The van der Waals surface area contributed by atoms with Gasteiger partial charge in [0, 0.05) is 6.42 Å². The second kappa shape index (κ2) is 8.06. The zero-order valence-corrected chi connectivity index (χ0v) is 19.5.